The summed E-state index contributed by atoms with van der Waals surface area (Å²) in [4.78, 5) is 5.43. The van der Waals surface area contributed by atoms with E-state index in [0.29, 0.717) is 0 Å². The predicted octanol–water partition coefficient (Wildman–Crippen LogP) is 4.11. The third kappa shape index (κ3) is 3.09. The number of aromatic nitrogens is 1. The molecule has 17 heavy (non-hydrogen) atoms. The van der Waals surface area contributed by atoms with Crippen molar-refractivity contribution in [3.05, 3.63) is 39.2 Å². The van der Waals surface area contributed by atoms with Crippen LogP contribution in [-0.2, 0) is 0 Å². The van der Waals surface area contributed by atoms with Crippen LogP contribution in [0.3, 0.4) is 0 Å². The Bertz CT molecular complexity index is 450. The summed E-state index contributed by atoms with van der Waals surface area (Å²) in [6, 6.07) is 4.27. The Kier molecular flexibility index (Phi) is 3.86. The SMILES string of the molecule is Cc1cnc(C(C)NC(C)c2ccc(Cl)s2)o1. The molecule has 2 heterocycles. The summed E-state index contributed by atoms with van der Waals surface area (Å²) in [5, 5.41) is 3.43. The van der Waals surface area contributed by atoms with Crippen LogP contribution in [-0.4, -0.2) is 4.98 Å². The Morgan fingerprint density at radius 2 is 2.12 bits per heavy atom. The van der Waals surface area contributed by atoms with Gasteiger partial charge in [0.2, 0.25) is 5.89 Å². The standard InChI is InChI=1S/C12H15ClN2OS/c1-7-6-14-12(16-7)9(3)15-8(2)10-4-5-11(13)17-10/h4-6,8-9,15H,1-3H3. The van der Waals surface area contributed by atoms with Gasteiger partial charge < -0.3 is 4.42 Å². The number of thiophene rings is 1. The summed E-state index contributed by atoms with van der Waals surface area (Å²) in [5.41, 5.74) is 0. The maximum Gasteiger partial charge on any atom is 0.211 e. The first-order chi connectivity index (χ1) is 8.06. The van der Waals surface area contributed by atoms with Crippen LogP contribution in [0.25, 0.3) is 0 Å². The lowest BCUT2D eigenvalue weighted by Gasteiger charge is -2.16. The summed E-state index contributed by atoms with van der Waals surface area (Å²) in [5.74, 6) is 1.55. The third-order valence-electron chi connectivity index (χ3n) is 2.53. The second-order valence-electron chi connectivity index (χ2n) is 4.06. The number of nitrogens with zero attached hydrogens (tertiary/aromatic N) is 1. The van der Waals surface area contributed by atoms with Crippen molar-refractivity contribution in [2.75, 3.05) is 0 Å². The van der Waals surface area contributed by atoms with Crippen molar-refractivity contribution < 1.29 is 4.42 Å². The Balaban J connectivity index is 2.01. The summed E-state index contributed by atoms with van der Waals surface area (Å²) in [6.45, 7) is 6.04. The van der Waals surface area contributed by atoms with Gasteiger partial charge in [0.25, 0.3) is 0 Å². The van der Waals surface area contributed by atoms with E-state index < -0.39 is 0 Å². The van der Waals surface area contributed by atoms with Gasteiger partial charge in [0, 0.05) is 10.9 Å². The minimum atomic E-state index is 0.0829. The number of halogens is 1. The van der Waals surface area contributed by atoms with Crippen molar-refractivity contribution in [1.82, 2.24) is 10.3 Å². The van der Waals surface area contributed by atoms with E-state index in [1.165, 1.54) is 4.88 Å². The van der Waals surface area contributed by atoms with E-state index in [1.54, 1.807) is 17.5 Å². The molecule has 0 amide bonds. The van der Waals surface area contributed by atoms with E-state index in [1.807, 2.05) is 26.0 Å². The van der Waals surface area contributed by atoms with Crippen molar-refractivity contribution in [2.24, 2.45) is 0 Å². The quantitative estimate of drug-likeness (QED) is 0.909. The molecule has 0 aliphatic carbocycles. The maximum absolute atomic E-state index is 5.92. The monoisotopic (exact) mass is 270 g/mol. The molecule has 1 N–H and O–H groups in total. The predicted molar refractivity (Wildman–Crippen MR) is 70.5 cm³/mol. The zero-order valence-corrected chi connectivity index (χ0v) is 11.6. The fraction of sp³-hybridized carbons (Fsp3) is 0.417. The number of oxazole rings is 1. The van der Waals surface area contributed by atoms with Crippen LogP contribution in [0.4, 0.5) is 0 Å². The third-order valence-corrected chi connectivity index (χ3v) is 3.94. The molecular weight excluding hydrogens is 256 g/mol. The molecule has 0 aliphatic rings. The van der Waals surface area contributed by atoms with Crippen LogP contribution in [0, 0.1) is 6.92 Å². The second-order valence-corrected chi connectivity index (χ2v) is 5.81. The van der Waals surface area contributed by atoms with E-state index in [4.69, 9.17) is 16.0 Å². The molecule has 0 aromatic carbocycles. The summed E-state index contributed by atoms with van der Waals surface area (Å²) in [6.07, 6.45) is 1.74. The number of rotatable bonds is 4. The van der Waals surface area contributed by atoms with Gasteiger partial charge >= 0.3 is 0 Å². The summed E-state index contributed by atoms with van der Waals surface area (Å²) in [7, 11) is 0. The number of hydrogen-bond donors (Lipinski definition) is 1. The van der Waals surface area contributed by atoms with Crippen molar-refractivity contribution in [1.29, 1.82) is 0 Å². The zero-order valence-electron chi connectivity index (χ0n) is 10.0. The number of nitrogens with one attached hydrogen (secondary N) is 1. The van der Waals surface area contributed by atoms with Crippen molar-refractivity contribution in [3.63, 3.8) is 0 Å². The van der Waals surface area contributed by atoms with Crippen LogP contribution < -0.4 is 5.32 Å². The molecule has 0 spiro atoms. The van der Waals surface area contributed by atoms with Crippen LogP contribution >= 0.6 is 22.9 Å². The molecule has 92 valence electrons. The maximum atomic E-state index is 5.92. The Morgan fingerprint density at radius 1 is 1.35 bits per heavy atom. The van der Waals surface area contributed by atoms with Crippen LogP contribution in [0.2, 0.25) is 4.34 Å². The minimum absolute atomic E-state index is 0.0829. The molecule has 2 aromatic heterocycles. The first-order valence-corrected chi connectivity index (χ1v) is 6.69. The van der Waals surface area contributed by atoms with Gasteiger partial charge in [-0.05, 0) is 32.9 Å². The Labute approximate surface area is 110 Å². The fourth-order valence-electron chi connectivity index (χ4n) is 1.66. The Hall–Kier alpha value is -0.840. The molecule has 2 rings (SSSR count). The molecule has 0 saturated carbocycles. The van der Waals surface area contributed by atoms with Gasteiger partial charge in [-0.3, -0.25) is 5.32 Å². The van der Waals surface area contributed by atoms with Crippen LogP contribution in [0.1, 0.15) is 42.5 Å². The van der Waals surface area contributed by atoms with Crippen molar-refractivity contribution in [2.45, 2.75) is 32.9 Å². The first kappa shape index (κ1) is 12.6. The minimum Gasteiger partial charge on any atom is -0.444 e. The molecule has 0 fully saturated rings. The molecular formula is C12H15ClN2OS. The number of hydrogen-bond acceptors (Lipinski definition) is 4. The molecule has 5 heteroatoms. The normalized spacial score (nSPS) is 14.8. The van der Waals surface area contributed by atoms with E-state index in [0.717, 1.165) is 16.0 Å². The Morgan fingerprint density at radius 3 is 2.65 bits per heavy atom. The molecule has 0 bridgehead atoms. The molecule has 0 aliphatic heterocycles. The lowest BCUT2D eigenvalue weighted by atomic mass is 10.2. The summed E-state index contributed by atoms with van der Waals surface area (Å²) < 4.78 is 6.30. The van der Waals surface area contributed by atoms with Gasteiger partial charge in [0.15, 0.2) is 0 Å². The van der Waals surface area contributed by atoms with Gasteiger partial charge in [0.1, 0.15) is 5.76 Å². The first-order valence-electron chi connectivity index (χ1n) is 5.50. The highest BCUT2D eigenvalue weighted by molar-refractivity contribution is 7.16. The second kappa shape index (κ2) is 5.21. The van der Waals surface area contributed by atoms with Gasteiger partial charge in [0.05, 0.1) is 16.6 Å². The average Bonchev–Trinajstić information content (AvgIpc) is 2.87. The van der Waals surface area contributed by atoms with E-state index in [9.17, 15) is 0 Å². The zero-order chi connectivity index (χ0) is 12.4. The molecule has 0 saturated heterocycles. The van der Waals surface area contributed by atoms with Crippen molar-refractivity contribution >= 4 is 22.9 Å². The smallest absolute Gasteiger partial charge is 0.211 e. The van der Waals surface area contributed by atoms with Gasteiger partial charge in [-0.1, -0.05) is 11.6 Å². The highest BCUT2D eigenvalue weighted by Crippen LogP contribution is 2.28. The highest BCUT2D eigenvalue weighted by Gasteiger charge is 2.16. The topological polar surface area (TPSA) is 38.1 Å². The molecule has 0 radical (unpaired) electrons. The highest BCUT2D eigenvalue weighted by atomic mass is 35.5. The lowest BCUT2D eigenvalue weighted by Crippen LogP contribution is -2.22. The molecule has 3 nitrogen and oxygen atoms in total. The molecule has 2 unspecified atom stereocenters. The van der Waals surface area contributed by atoms with Crippen LogP contribution in [0.5, 0.6) is 0 Å². The van der Waals surface area contributed by atoms with Gasteiger partial charge in [-0.2, -0.15) is 0 Å². The van der Waals surface area contributed by atoms with E-state index in [2.05, 4.69) is 17.2 Å². The molecule has 2 aromatic rings. The summed E-state index contributed by atoms with van der Waals surface area (Å²) >= 11 is 7.51. The average molecular weight is 271 g/mol. The van der Waals surface area contributed by atoms with Crippen molar-refractivity contribution in [3.8, 4) is 0 Å². The lowest BCUT2D eigenvalue weighted by molar-refractivity contribution is 0.382. The van der Waals surface area contributed by atoms with E-state index in [-0.39, 0.29) is 12.1 Å². The number of aryl methyl sites for hydroxylation is 1. The van der Waals surface area contributed by atoms with Gasteiger partial charge in [-0.15, -0.1) is 11.3 Å². The fourth-order valence-corrected chi connectivity index (χ4v) is 2.73. The van der Waals surface area contributed by atoms with Gasteiger partial charge in [-0.25, -0.2) is 4.98 Å². The van der Waals surface area contributed by atoms with E-state index >= 15 is 0 Å². The van der Waals surface area contributed by atoms with Crippen LogP contribution in [0.15, 0.2) is 22.7 Å². The largest absolute Gasteiger partial charge is 0.444 e. The molecule has 2 atom stereocenters.